The van der Waals surface area contributed by atoms with E-state index < -0.39 is 11.7 Å². The van der Waals surface area contributed by atoms with Crippen LogP contribution in [0.5, 0.6) is 0 Å². The Morgan fingerprint density at radius 2 is 1.92 bits per heavy atom. The van der Waals surface area contributed by atoms with Crippen molar-refractivity contribution in [2.24, 2.45) is 12.0 Å². The second kappa shape index (κ2) is 7.44. The minimum atomic E-state index is -0.546. The van der Waals surface area contributed by atoms with E-state index in [2.05, 4.69) is 10.3 Å². The summed E-state index contributed by atoms with van der Waals surface area (Å²) in [6.45, 7) is 5.41. The molecule has 24 heavy (non-hydrogen) atoms. The molecule has 0 radical (unpaired) electrons. The molecule has 2 amide bonds. The van der Waals surface area contributed by atoms with Crippen LogP contribution in [0.25, 0.3) is 0 Å². The van der Waals surface area contributed by atoms with Crippen LogP contribution in [0.2, 0.25) is 0 Å². The lowest BCUT2D eigenvalue weighted by Crippen LogP contribution is -2.27. The lowest BCUT2D eigenvalue weighted by Gasteiger charge is -2.19. The highest BCUT2D eigenvalue weighted by Crippen LogP contribution is 2.13. The van der Waals surface area contributed by atoms with Crippen molar-refractivity contribution >= 4 is 29.0 Å². The molecule has 6 nitrogen and oxygen atoms in total. The molecule has 2 aromatic rings. The van der Waals surface area contributed by atoms with E-state index in [1.54, 1.807) is 49.6 Å². The van der Waals surface area contributed by atoms with Gasteiger partial charge in [-0.1, -0.05) is 12.1 Å². The van der Waals surface area contributed by atoms with E-state index in [0.29, 0.717) is 10.5 Å². The predicted octanol–water partition coefficient (Wildman–Crippen LogP) is 3.10. The first kappa shape index (κ1) is 17.9. The van der Waals surface area contributed by atoms with Gasteiger partial charge >= 0.3 is 6.09 Å². The first-order valence-corrected chi connectivity index (χ1v) is 8.37. The number of carbonyl (C=O) groups excluding carboxylic acids is 2. The van der Waals surface area contributed by atoms with E-state index in [0.717, 1.165) is 5.56 Å². The maximum atomic E-state index is 12.0. The van der Waals surface area contributed by atoms with Crippen molar-refractivity contribution in [3.05, 3.63) is 46.2 Å². The largest absolute Gasteiger partial charge is 0.444 e. The predicted molar refractivity (Wildman–Crippen MR) is 93.9 cm³/mol. The molecule has 2 rings (SSSR count). The van der Waals surface area contributed by atoms with Gasteiger partial charge in [0.1, 0.15) is 5.60 Å². The van der Waals surface area contributed by atoms with Crippen LogP contribution in [-0.4, -0.2) is 22.2 Å². The molecule has 1 aromatic carbocycles. The third-order valence-corrected chi connectivity index (χ3v) is 3.78. The lowest BCUT2D eigenvalue weighted by atomic mass is 10.1. The number of carbonyl (C=O) groups is 2. The van der Waals surface area contributed by atoms with Gasteiger partial charge in [0, 0.05) is 24.3 Å². The van der Waals surface area contributed by atoms with E-state index in [-0.39, 0.29) is 12.3 Å². The minimum absolute atomic E-state index is 0.207. The smallest absolute Gasteiger partial charge is 0.412 e. The highest BCUT2D eigenvalue weighted by Gasteiger charge is 2.16. The number of ether oxygens (including phenoxy) is 1. The molecular formula is C17H21N3O3S. The first-order valence-electron chi connectivity index (χ1n) is 7.49. The van der Waals surface area contributed by atoms with Gasteiger partial charge in [-0.25, -0.2) is 4.79 Å². The average molecular weight is 347 g/mol. The standard InChI is InChI=1S/C17H21N3O3S/c1-17(2,3)23-16(22)18-13-7-5-12(6-8-13)11-14(21)19-15-20(4)9-10-24-15/h5-10H,11H2,1-4H3,(H,18,22). The highest BCUT2D eigenvalue weighted by atomic mass is 32.1. The molecule has 0 unspecified atom stereocenters. The van der Waals surface area contributed by atoms with Gasteiger partial charge in [-0.15, -0.1) is 11.3 Å². The zero-order valence-electron chi connectivity index (χ0n) is 14.2. The summed E-state index contributed by atoms with van der Waals surface area (Å²) in [7, 11) is 1.85. The number of aromatic nitrogens is 1. The fourth-order valence-electron chi connectivity index (χ4n) is 1.88. The summed E-state index contributed by atoms with van der Waals surface area (Å²) in [5.41, 5.74) is 0.898. The molecule has 0 saturated heterocycles. The van der Waals surface area contributed by atoms with Gasteiger partial charge in [0.25, 0.3) is 5.91 Å². The number of hydrogen-bond acceptors (Lipinski definition) is 4. The number of aryl methyl sites for hydroxylation is 1. The van der Waals surface area contributed by atoms with Crippen LogP contribution in [0.1, 0.15) is 26.3 Å². The number of anilines is 1. The summed E-state index contributed by atoms with van der Waals surface area (Å²) < 4.78 is 6.99. The number of rotatable bonds is 3. The van der Waals surface area contributed by atoms with Crippen LogP contribution in [0, 0.1) is 0 Å². The van der Waals surface area contributed by atoms with Crippen molar-refractivity contribution in [1.29, 1.82) is 0 Å². The Balaban J connectivity index is 1.96. The van der Waals surface area contributed by atoms with Crippen molar-refractivity contribution in [1.82, 2.24) is 4.57 Å². The monoisotopic (exact) mass is 347 g/mol. The topological polar surface area (TPSA) is 72.7 Å². The van der Waals surface area contributed by atoms with Crippen LogP contribution in [-0.2, 0) is 23.0 Å². The molecule has 128 valence electrons. The van der Waals surface area contributed by atoms with E-state index in [4.69, 9.17) is 4.74 Å². The van der Waals surface area contributed by atoms with Gasteiger partial charge in [-0.3, -0.25) is 10.1 Å². The SMILES string of the molecule is Cn1ccsc1=NC(=O)Cc1ccc(NC(=O)OC(C)(C)C)cc1. The summed E-state index contributed by atoms with van der Waals surface area (Å²) in [5, 5.41) is 4.53. The third kappa shape index (κ3) is 5.66. The number of benzene rings is 1. The Bertz CT molecular complexity index is 782. The molecular weight excluding hydrogens is 326 g/mol. The lowest BCUT2D eigenvalue weighted by molar-refractivity contribution is -0.117. The number of thiazole rings is 1. The van der Waals surface area contributed by atoms with Crippen molar-refractivity contribution in [2.45, 2.75) is 32.8 Å². The van der Waals surface area contributed by atoms with Crippen LogP contribution in [0.4, 0.5) is 10.5 Å². The maximum Gasteiger partial charge on any atom is 0.412 e. The van der Waals surface area contributed by atoms with Crippen molar-refractivity contribution in [3.63, 3.8) is 0 Å². The fourth-order valence-corrected chi connectivity index (χ4v) is 2.63. The molecule has 0 bridgehead atoms. The Kier molecular flexibility index (Phi) is 5.56. The molecule has 1 N–H and O–H groups in total. The van der Waals surface area contributed by atoms with Gasteiger partial charge in [0.15, 0.2) is 4.80 Å². The molecule has 0 aliphatic carbocycles. The first-order chi connectivity index (χ1) is 11.2. The molecule has 1 aromatic heterocycles. The molecule has 0 fully saturated rings. The summed E-state index contributed by atoms with van der Waals surface area (Å²) >= 11 is 1.42. The molecule has 7 heteroatoms. The van der Waals surface area contributed by atoms with Crippen molar-refractivity contribution in [3.8, 4) is 0 Å². The fraction of sp³-hybridized carbons (Fsp3) is 0.353. The van der Waals surface area contributed by atoms with Gasteiger partial charge in [0.05, 0.1) is 6.42 Å². The Morgan fingerprint density at radius 3 is 2.46 bits per heavy atom. The van der Waals surface area contributed by atoms with Gasteiger partial charge in [-0.2, -0.15) is 4.99 Å². The van der Waals surface area contributed by atoms with E-state index in [1.165, 1.54) is 11.3 Å². The van der Waals surface area contributed by atoms with Crippen LogP contribution in [0.15, 0.2) is 40.8 Å². The summed E-state index contributed by atoms with van der Waals surface area (Å²) in [4.78, 5) is 28.4. The Hall–Kier alpha value is -2.41. The second-order valence-corrected chi connectivity index (χ2v) is 7.18. The Labute approximate surface area is 144 Å². The van der Waals surface area contributed by atoms with Crippen molar-refractivity contribution in [2.75, 3.05) is 5.32 Å². The van der Waals surface area contributed by atoms with Crippen LogP contribution >= 0.6 is 11.3 Å². The Morgan fingerprint density at radius 1 is 1.25 bits per heavy atom. The van der Waals surface area contributed by atoms with Gasteiger partial charge in [0.2, 0.25) is 0 Å². The van der Waals surface area contributed by atoms with Crippen LogP contribution in [0.3, 0.4) is 0 Å². The van der Waals surface area contributed by atoms with E-state index in [9.17, 15) is 9.59 Å². The van der Waals surface area contributed by atoms with Crippen LogP contribution < -0.4 is 10.1 Å². The molecule has 0 saturated carbocycles. The number of amides is 2. The second-order valence-electron chi connectivity index (χ2n) is 6.30. The number of nitrogens with zero attached hydrogens (tertiary/aromatic N) is 2. The molecule has 0 aliphatic rings. The minimum Gasteiger partial charge on any atom is -0.444 e. The normalized spacial score (nSPS) is 12.1. The zero-order valence-corrected chi connectivity index (χ0v) is 15.0. The number of nitrogens with one attached hydrogen (secondary N) is 1. The zero-order chi connectivity index (χ0) is 17.7. The molecule has 1 heterocycles. The molecule has 0 spiro atoms. The van der Waals surface area contributed by atoms with E-state index >= 15 is 0 Å². The molecule has 0 atom stereocenters. The number of hydrogen-bond donors (Lipinski definition) is 1. The summed E-state index contributed by atoms with van der Waals surface area (Å²) in [5.74, 6) is -0.207. The van der Waals surface area contributed by atoms with Gasteiger partial charge in [-0.05, 0) is 38.5 Å². The quantitative estimate of drug-likeness (QED) is 0.927. The summed E-state index contributed by atoms with van der Waals surface area (Å²) in [6.07, 6.45) is 1.56. The van der Waals surface area contributed by atoms with E-state index in [1.807, 2.05) is 18.6 Å². The third-order valence-electron chi connectivity index (χ3n) is 2.93. The summed E-state index contributed by atoms with van der Waals surface area (Å²) in [6, 6.07) is 7.04. The van der Waals surface area contributed by atoms with Gasteiger partial charge < -0.3 is 9.30 Å². The maximum absolute atomic E-state index is 12.0. The highest BCUT2D eigenvalue weighted by molar-refractivity contribution is 7.07. The van der Waals surface area contributed by atoms with Crippen molar-refractivity contribution < 1.29 is 14.3 Å². The molecule has 0 aliphatic heterocycles. The average Bonchev–Trinajstić information content (AvgIpc) is 2.84.